The van der Waals surface area contributed by atoms with Crippen LogP contribution < -0.4 is 5.01 Å². The molecule has 4 atom stereocenters. The fourth-order valence-corrected chi connectivity index (χ4v) is 5.60. The van der Waals surface area contributed by atoms with E-state index in [0.717, 1.165) is 22.5 Å². The summed E-state index contributed by atoms with van der Waals surface area (Å²) in [6.07, 6.45) is 2.78. The van der Waals surface area contributed by atoms with E-state index in [0.29, 0.717) is 16.5 Å². The molecule has 0 bridgehead atoms. The van der Waals surface area contributed by atoms with Crippen LogP contribution in [0.15, 0.2) is 90.6 Å². The Morgan fingerprint density at radius 3 is 2.00 bits per heavy atom. The zero-order valence-corrected chi connectivity index (χ0v) is 19.5. The molecule has 5 nitrogen and oxygen atoms in total. The predicted molar refractivity (Wildman–Crippen MR) is 130 cm³/mol. The van der Waals surface area contributed by atoms with Crippen molar-refractivity contribution in [2.75, 3.05) is 5.01 Å². The molecule has 3 aliphatic heterocycles. The minimum Gasteiger partial charge on any atom is -0.391 e. The number of nitrogens with zero attached hydrogens (tertiary/aromatic N) is 2. The topological polar surface area (TPSA) is 49.9 Å². The Hall–Kier alpha value is -3.28. The van der Waals surface area contributed by atoms with Gasteiger partial charge in [0.15, 0.2) is 6.04 Å². The van der Waals surface area contributed by atoms with Crippen molar-refractivity contribution in [2.45, 2.75) is 24.4 Å². The quantitative estimate of drug-likeness (QED) is 0.337. The average Bonchev–Trinajstić information content (AvgIpc) is 3.37. The van der Waals surface area contributed by atoms with Crippen molar-refractivity contribution in [3.8, 4) is 0 Å². The number of hydrogen-bond acceptors (Lipinski definition) is 5. The number of allylic oxidation sites excluding steroid dienone is 1. The summed E-state index contributed by atoms with van der Waals surface area (Å²) in [6, 6.07) is 24.3. The summed E-state index contributed by atoms with van der Waals surface area (Å²) in [5.41, 5.74) is 3.92. The van der Waals surface area contributed by atoms with Gasteiger partial charge < -0.3 is 4.74 Å². The first-order chi connectivity index (χ1) is 16.5. The first-order valence-corrected chi connectivity index (χ1v) is 11.9. The van der Waals surface area contributed by atoms with E-state index in [2.05, 4.69) is 11.1 Å². The molecule has 34 heavy (non-hydrogen) atoms. The molecule has 0 N–H and O–H groups in total. The van der Waals surface area contributed by atoms with E-state index in [1.807, 2.05) is 71.7 Å². The molecule has 4 unspecified atom stereocenters. The van der Waals surface area contributed by atoms with Crippen molar-refractivity contribution in [3.63, 3.8) is 0 Å². The third kappa shape index (κ3) is 3.39. The van der Waals surface area contributed by atoms with Crippen LogP contribution in [0.1, 0.15) is 29.5 Å². The van der Waals surface area contributed by atoms with Crippen LogP contribution in [0.3, 0.4) is 0 Å². The highest BCUT2D eigenvalue weighted by Crippen LogP contribution is 2.51. The number of para-hydroxylation sites is 1. The molecule has 0 radical (unpaired) electrons. The molecule has 0 amide bonds. The van der Waals surface area contributed by atoms with Crippen LogP contribution in [0.2, 0.25) is 10.0 Å². The molecule has 3 heterocycles. The monoisotopic (exact) mass is 490 g/mol. The van der Waals surface area contributed by atoms with Gasteiger partial charge in [-0.2, -0.15) is 0 Å². The normalized spacial score (nSPS) is 25.6. The summed E-state index contributed by atoms with van der Waals surface area (Å²) in [6.45, 7) is 0. The molecule has 0 aromatic heterocycles. The largest absolute Gasteiger partial charge is 0.391 e. The van der Waals surface area contributed by atoms with E-state index in [9.17, 15) is 9.59 Å². The Bertz CT molecular complexity index is 1290. The molecule has 6 rings (SSSR count). The molecule has 0 spiro atoms. The molecular weight excluding hydrogens is 471 g/mol. The number of hydrazine groups is 1. The Balaban J connectivity index is 1.51. The molecule has 0 saturated carbocycles. The summed E-state index contributed by atoms with van der Waals surface area (Å²) in [7, 11) is 0. The van der Waals surface area contributed by atoms with E-state index >= 15 is 0 Å². The van der Waals surface area contributed by atoms with E-state index in [1.54, 1.807) is 12.1 Å². The van der Waals surface area contributed by atoms with Gasteiger partial charge in [0.1, 0.15) is 5.92 Å². The van der Waals surface area contributed by atoms with Crippen molar-refractivity contribution < 1.29 is 14.3 Å². The van der Waals surface area contributed by atoms with Gasteiger partial charge >= 0.3 is 11.9 Å². The molecule has 3 aliphatic rings. The molecule has 3 aromatic rings. The summed E-state index contributed by atoms with van der Waals surface area (Å²) in [5, 5.41) is 5.37. The van der Waals surface area contributed by atoms with Crippen LogP contribution in [0.4, 0.5) is 5.69 Å². The Labute approximate surface area is 207 Å². The van der Waals surface area contributed by atoms with E-state index < -0.39 is 23.9 Å². The number of hydrogen-bond donors (Lipinski definition) is 0. The summed E-state index contributed by atoms with van der Waals surface area (Å²) < 4.78 is 5.21. The Morgan fingerprint density at radius 2 is 1.35 bits per heavy atom. The lowest BCUT2D eigenvalue weighted by molar-refractivity contribution is -0.153. The lowest BCUT2D eigenvalue weighted by Gasteiger charge is -2.43. The van der Waals surface area contributed by atoms with Gasteiger partial charge in [-0.1, -0.05) is 71.7 Å². The number of esters is 2. The molecule has 3 aromatic carbocycles. The van der Waals surface area contributed by atoms with Gasteiger partial charge in [0, 0.05) is 28.1 Å². The predicted octanol–water partition coefficient (Wildman–Crippen LogP) is 5.91. The first kappa shape index (κ1) is 21.3. The highest BCUT2D eigenvalue weighted by Gasteiger charge is 2.58. The maximum absolute atomic E-state index is 13.1. The van der Waals surface area contributed by atoms with Crippen molar-refractivity contribution in [3.05, 3.63) is 112 Å². The third-order valence-electron chi connectivity index (χ3n) is 6.83. The van der Waals surface area contributed by atoms with Crippen LogP contribution >= 0.6 is 23.2 Å². The smallest absolute Gasteiger partial charge is 0.339 e. The summed E-state index contributed by atoms with van der Waals surface area (Å²) in [5.74, 6) is -1.94. The number of halogens is 2. The molecular formula is C27H20Cl2N2O3. The lowest BCUT2D eigenvalue weighted by atomic mass is 9.79. The molecule has 2 saturated heterocycles. The molecule has 7 heteroatoms. The Kier molecular flexibility index (Phi) is 5.12. The molecule has 170 valence electrons. The van der Waals surface area contributed by atoms with Crippen molar-refractivity contribution >= 4 is 40.8 Å². The second-order valence-corrected chi connectivity index (χ2v) is 9.62. The summed E-state index contributed by atoms with van der Waals surface area (Å²) >= 11 is 12.3. The number of ether oxygens (including phenoxy) is 1. The van der Waals surface area contributed by atoms with Gasteiger partial charge in [0.05, 0.1) is 11.7 Å². The van der Waals surface area contributed by atoms with Crippen LogP contribution in [0.5, 0.6) is 0 Å². The standard InChI is InChI=1S/C27H20Cl2N2O3/c28-18-10-6-16(7-11-18)22-14-21-15-23(17-8-12-19(29)13-9-17)30(20-4-2-1-3-5-20)31(21)25-24(22)26(32)34-27(25)33/h1-14,22-25H,15H2. The average molecular weight is 491 g/mol. The number of carbonyl (C=O) groups is 2. The number of benzene rings is 3. The van der Waals surface area contributed by atoms with Crippen LogP contribution in [-0.4, -0.2) is 23.0 Å². The van der Waals surface area contributed by atoms with Gasteiger partial charge in [-0.3, -0.25) is 14.8 Å². The number of fused-ring (bicyclic) bond motifs is 3. The van der Waals surface area contributed by atoms with Crippen LogP contribution in [0, 0.1) is 5.92 Å². The maximum Gasteiger partial charge on any atom is 0.339 e. The van der Waals surface area contributed by atoms with Crippen molar-refractivity contribution in [1.29, 1.82) is 0 Å². The fourth-order valence-electron chi connectivity index (χ4n) is 5.35. The SMILES string of the molecule is O=C1OC(=O)C2C1C(c1ccc(Cl)cc1)C=C1CC(c3ccc(Cl)cc3)N(c3ccccc3)N12. The van der Waals surface area contributed by atoms with E-state index in [1.165, 1.54) is 0 Å². The van der Waals surface area contributed by atoms with Gasteiger partial charge in [0.2, 0.25) is 0 Å². The maximum atomic E-state index is 13.1. The number of carbonyl (C=O) groups excluding carboxylic acids is 2. The lowest BCUT2D eigenvalue weighted by Crippen LogP contribution is -2.52. The zero-order valence-electron chi connectivity index (χ0n) is 18.0. The van der Waals surface area contributed by atoms with Gasteiger partial charge in [-0.05, 0) is 47.5 Å². The second kappa shape index (κ2) is 8.19. The summed E-state index contributed by atoms with van der Waals surface area (Å²) in [4.78, 5) is 26.0. The van der Waals surface area contributed by atoms with E-state index in [-0.39, 0.29) is 12.0 Å². The third-order valence-corrected chi connectivity index (χ3v) is 7.34. The second-order valence-electron chi connectivity index (χ2n) is 8.74. The van der Waals surface area contributed by atoms with Gasteiger partial charge in [-0.15, -0.1) is 0 Å². The number of anilines is 1. The van der Waals surface area contributed by atoms with Crippen molar-refractivity contribution in [1.82, 2.24) is 5.01 Å². The van der Waals surface area contributed by atoms with Gasteiger partial charge in [-0.25, -0.2) is 4.79 Å². The zero-order chi connectivity index (χ0) is 23.4. The number of cyclic esters (lactones) is 2. The van der Waals surface area contributed by atoms with Gasteiger partial charge in [0.25, 0.3) is 0 Å². The fraction of sp³-hybridized carbons (Fsp3) is 0.185. The van der Waals surface area contributed by atoms with Crippen molar-refractivity contribution in [2.24, 2.45) is 5.92 Å². The Morgan fingerprint density at radius 1 is 0.735 bits per heavy atom. The minimum atomic E-state index is -0.745. The highest BCUT2D eigenvalue weighted by atomic mass is 35.5. The number of rotatable bonds is 3. The van der Waals surface area contributed by atoms with Crippen LogP contribution in [-0.2, 0) is 14.3 Å². The minimum absolute atomic E-state index is 0.0703. The first-order valence-electron chi connectivity index (χ1n) is 11.1. The highest BCUT2D eigenvalue weighted by molar-refractivity contribution is 6.30. The molecule has 2 fully saturated rings. The molecule has 0 aliphatic carbocycles. The van der Waals surface area contributed by atoms with E-state index in [4.69, 9.17) is 27.9 Å². The van der Waals surface area contributed by atoms with Crippen LogP contribution in [0.25, 0.3) is 0 Å².